The summed E-state index contributed by atoms with van der Waals surface area (Å²) in [6.45, 7) is 2.58. The Bertz CT molecular complexity index is 1050. The molecule has 2 aliphatic rings. The molecular weight excluding hydrogens is 440 g/mol. The van der Waals surface area contributed by atoms with Gasteiger partial charge in [-0.15, -0.1) is 0 Å². The zero-order chi connectivity index (χ0) is 22.2. The summed E-state index contributed by atoms with van der Waals surface area (Å²) in [6.07, 6.45) is 0.386. The van der Waals surface area contributed by atoms with Gasteiger partial charge in [0.05, 0.1) is 13.2 Å². The molecule has 2 saturated heterocycles. The molecule has 2 aliphatic heterocycles. The highest BCUT2D eigenvalue weighted by Crippen LogP contribution is 2.37. The Morgan fingerprint density at radius 1 is 1.10 bits per heavy atom. The third-order valence-electron chi connectivity index (χ3n) is 6.00. The number of piperidine rings is 1. The molecule has 0 spiro atoms. The molecule has 0 aromatic heterocycles. The second-order valence-electron chi connectivity index (χ2n) is 7.79. The van der Waals surface area contributed by atoms with Gasteiger partial charge in [0.25, 0.3) is 0 Å². The smallest absolute Gasteiger partial charge is 0.411 e. The number of cyclic esters (lactones) is 1. The molecule has 9 heteroatoms. The van der Waals surface area contributed by atoms with E-state index in [1.807, 2.05) is 37.3 Å². The van der Waals surface area contributed by atoms with Crippen LogP contribution in [0.2, 0.25) is 5.02 Å². The summed E-state index contributed by atoms with van der Waals surface area (Å²) < 4.78 is 38.7. The van der Waals surface area contributed by atoms with Crippen LogP contribution in [0.1, 0.15) is 31.4 Å². The number of hydrogen-bond acceptors (Lipinski definition) is 5. The number of methoxy groups -OCH3 is 1. The number of carbonyl (C=O) groups excluding carboxylic acids is 1. The lowest BCUT2D eigenvalue weighted by molar-refractivity contribution is 0.121. The lowest BCUT2D eigenvalue weighted by Crippen LogP contribution is -2.49. The topological polar surface area (TPSA) is 76.2 Å². The summed E-state index contributed by atoms with van der Waals surface area (Å²) in [5.74, 6) is 0.258. The largest absolute Gasteiger partial charge is 0.495 e. The minimum absolute atomic E-state index is 0.0547. The zero-order valence-electron chi connectivity index (χ0n) is 17.4. The van der Waals surface area contributed by atoms with Crippen molar-refractivity contribution in [3.05, 3.63) is 59.1 Å². The van der Waals surface area contributed by atoms with Crippen LogP contribution in [0.3, 0.4) is 0 Å². The Morgan fingerprint density at radius 3 is 2.42 bits per heavy atom. The number of nitrogens with zero attached hydrogens (tertiary/aromatic N) is 2. The van der Waals surface area contributed by atoms with Crippen LogP contribution in [0.5, 0.6) is 5.75 Å². The van der Waals surface area contributed by atoms with Crippen LogP contribution in [0.15, 0.2) is 53.4 Å². The molecule has 2 atom stereocenters. The predicted octanol–water partition coefficient (Wildman–Crippen LogP) is 4.08. The van der Waals surface area contributed by atoms with Gasteiger partial charge >= 0.3 is 6.09 Å². The van der Waals surface area contributed by atoms with Crippen LogP contribution < -0.4 is 4.74 Å². The van der Waals surface area contributed by atoms with Crippen molar-refractivity contribution in [2.75, 3.05) is 20.2 Å². The lowest BCUT2D eigenvalue weighted by atomic mass is 9.99. The Labute approximate surface area is 187 Å². The molecule has 7 nitrogen and oxygen atoms in total. The maximum atomic E-state index is 13.2. The fraction of sp³-hybridized carbons (Fsp3) is 0.409. The Kier molecular flexibility index (Phi) is 6.14. The molecule has 0 aliphatic carbocycles. The second-order valence-corrected chi connectivity index (χ2v) is 10.1. The van der Waals surface area contributed by atoms with Crippen LogP contribution in [0.25, 0.3) is 0 Å². The van der Waals surface area contributed by atoms with Crippen LogP contribution in [0.4, 0.5) is 4.79 Å². The van der Waals surface area contributed by atoms with Gasteiger partial charge in [-0.05, 0) is 43.5 Å². The van der Waals surface area contributed by atoms with Crippen molar-refractivity contribution in [1.82, 2.24) is 9.21 Å². The fourth-order valence-electron chi connectivity index (χ4n) is 4.40. The minimum atomic E-state index is -3.77. The van der Waals surface area contributed by atoms with E-state index in [-0.39, 0.29) is 34.9 Å². The Hall–Kier alpha value is -2.29. The molecule has 166 valence electrons. The summed E-state index contributed by atoms with van der Waals surface area (Å²) in [5, 5.41) is 0.329. The minimum Gasteiger partial charge on any atom is -0.495 e. The molecule has 31 heavy (non-hydrogen) atoms. The molecule has 0 saturated carbocycles. The summed E-state index contributed by atoms with van der Waals surface area (Å²) in [5.41, 5.74) is 0.957. The molecule has 1 amide bonds. The summed E-state index contributed by atoms with van der Waals surface area (Å²) in [6, 6.07) is 14.0. The van der Waals surface area contributed by atoms with Crippen molar-refractivity contribution in [1.29, 1.82) is 0 Å². The zero-order valence-corrected chi connectivity index (χ0v) is 19.0. The van der Waals surface area contributed by atoms with E-state index in [9.17, 15) is 13.2 Å². The van der Waals surface area contributed by atoms with Crippen LogP contribution in [-0.4, -0.2) is 56.0 Å². The van der Waals surface area contributed by atoms with Crippen molar-refractivity contribution in [3.63, 3.8) is 0 Å². The lowest BCUT2D eigenvalue weighted by Gasteiger charge is -2.37. The molecular formula is C22H25ClN2O5S. The standard InChI is InChI=1S/C22H25ClN2O5S/c1-15-21(16-6-4-3-5-7-16)30-22(26)25(15)18-10-12-24(13-11-18)31(27,28)20-14-17(23)8-9-19(20)29-2/h3-9,14-15,18,21H,10-13H2,1-2H3. The molecule has 2 aromatic rings. The van der Waals surface area contributed by atoms with E-state index in [0.717, 1.165) is 5.56 Å². The van der Waals surface area contributed by atoms with Crippen molar-refractivity contribution in [2.24, 2.45) is 0 Å². The van der Waals surface area contributed by atoms with Crippen molar-refractivity contribution in [3.8, 4) is 5.75 Å². The molecule has 2 heterocycles. The molecule has 2 aromatic carbocycles. The van der Waals surface area contributed by atoms with E-state index in [4.69, 9.17) is 21.1 Å². The monoisotopic (exact) mass is 464 g/mol. The van der Waals surface area contributed by atoms with Gasteiger partial charge in [-0.3, -0.25) is 4.90 Å². The molecule has 0 radical (unpaired) electrons. The van der Waals surface area contributed by atoms with Crippen molar-refractivity contribution in [2.45, 2.75) is 42.8 Å². The number of rotatable bonds is 5. The van der Waals surface area contributed by atoms with Crippen LogP contribution in [0, 0.1) is 0 Å². The number of carbonyl (C=O) groups is 1. The molecule has 0 N–H and O–H groups in total. The maximum Gasteiger partial charge on any atom is 0.411 e. The predicted molar refractivity (Wildman–Crippen MR) is 117 cm³/mol. The van der Waals surface area contributed by atoms with Crippen molar-refractivity contribution < 1.29 is 22.7 Å². The van der Waals surface area contributed by atoms with E-state index in [1.165, 1.54) is 17.5 Å². The molecule has 2 fully saturated rings. The number of halogens is 1. The quantitative estimate of drug-likeness (QED) is 0.666. The van der Waals surface area contributed by atoms with E-state index in [2.05, 4.69) is 0 Å². The van der Waals surface area contributed by atoms with E-state index >= 15 is 0 Å². The highest BCUT2D eigenvalue weighted by atomic mass is 35.5. The van der Waals surface area contributed by atoms with Gasteiger partial charge in [-0.1, -0.05) is 41.9 Å². The number of benzene rings is 2. The Balaban J connectivity index is 1.48. The first-order chi connectivity index (χ1) is 14.8. The van der Waals surface area contributed by atoms with E-state index in [0.29, 0.717) is 31.0 Å². The van der Waals surface area contributed by atoms with Gasteiger partial charge in [0.1, 0.15) is 16.7 Å². The van der Waals surface area contributed by atoms with Gasteiger partial charge in [-0.25, -0.2) is 13.2 Å². The average molecular weight is 465 g/mol. The molecule has 4 rings (SSSR count). The SMILES string of the molecule is COc1ccc(Cl)cc1S(=O)(=O)N1CCC(N2C(=O)OC(c3ccccc3)C2C)CC1. The third-order valence-corrected chi connectivity index (χ3v) is 8.16. The Morgan fingerprint density at radius 2 is 1.77 bits per heavy atom. The van der Waals surface area contributed by atoms with E-state index < -0.39 is 10.0 Å². The van der Waals surface area contributed by atoms with Crippen molar-refractivity contribution >= 4 is 27.7 Å². The first-order valence-corrected chi connectivity index (χ1v) is 12.0. The molecule has 2 unspecified atom stereocenters. The van der Waals surface area contributed by atoms with Crippen LogP contribution in [-0.2, 0) is 14.8 Å². The number of ether oxygens (including phenoxy) is 2. The van der Waals surface area contributed by atoms with Gasteiger partial charge in [0.15, 0.2) is 0 Å². The maximum absolute atomic E-state index is 13.2. The van der Waals surface area contributed by atoms with Gasteiger partial charge in [0.2, 0.25) is 10.0 Å². The molecule has 0 bridgehead atoms. The summed E-state index contributed by atoms with van der Waals surface area (Å²) in [4.78, 5) is 14.4. The number of sulfonamides is 1. The normalized spacial score (nSPS) is 23.1. The third kappa shape index (κ3) is 4.12. The summed E-state index contributed by atoms with van der Waals surface area (Å²) >= 11 is 6.03. The van der Waals surface area contributed by atoms with Crippen LogP contribution >= 0.6 is 11.6 Å². The second kappa shape index (κ2) is 8.68. The number of hydrogen-bond donors (Lipinski definition) is 0. The number of amides is 1. The average Bonchev–Trinajstić information content (AvgIpc) is 3.08. The first kappa shape index (κ1) is 21.9. The summed E-state index contributed by atoms with van der Waals surface area (Å²) in [7, 11) is -2.34. The fourth-order valence-corrected chi connectivity index (χ4v) is 6.29. The van der Waals surface area contributed by atoms with Gasteiger partial charge in [-0.2, -0.15) is 4.31 Å². The van der Waals surface area contributed by atoms with Gasteiger partial charge in [0, 0.05) is 24.2 Å². The highest BCUT2D eigenvalue weighted by Gasteiger charge is 2.45. The van der Waals surface area contributed by atoms with Gasteiger partial charge < -0.3 is 9.47 Å². The highest BCUT2D eigenvalue weighted by molar-refractivity contribution is 7.89. The first-order valence-electron chi connectivity index (χ1n) is 10.2. The van der Waals surface area contributed by atoms with E-state index in [1.54, 1.807) is 17.0 Å².